The molecule has 8 heteroatoms. The molecule has 18 heavy (non-hydrogen) atoms. The molecule has 0 amide bonds. The Morgan fingerprint density at radius 3 is 2.89 bits per heavy atom. The van der Waals surface area contributed by atoms with E-state index in [4.69, 9.17) is 19.9 Å². The second kappa shape index (κ2) is 5.26. The number of ether oxygens (including phenoxy) is 2. The van der Waals surface area contributed by atoms with Crippen LogP contribution in [0.15, 0.2) is 10.5 Å². The summed E-state index contributed by atoms with van der Waals surface area (Å²) >= 11 is 3.45. The lowest BCUT2D eigenvalue weighted by atomic mass is 9.78. The monoisotopic (exact) mass is 335 g/mol. The molecular weight excluding hydrogens is 324 g/mol. The van der Waals surface area contributed by atoms with Crippen molar-refractivity contribution in [3.05, 3.63) is 16.1 Å². The van der Waals surface area contributed by atoms with Gasteiger partial charge in [0.05, 0.1) is 6.10 Å². The van der Waals surface area contributed by atoms with Crippen molar-refractivity contribution in [2.24, 2.45) is 5.73 Å². The van der Waals surface area contributed by atoms with E-state index in [0.29, 0.717) is 36.7 Å². The van der Waals surface area contributed by atoms with Crippen LogP contribution in [0.4, 0.5) is 0 Å². The van der Waals surface area contributed by atoms with E-state index in [2.05, 4.69) is 15.9 Å². The van der Waals surface area contributed by atoms with Gasteiger partial charge in [-0.1, -0.05) is 15.9 Å². The highest BCUT2D eigenvalue weighted by molar-refractivity contribution is 9.10. The Balaban J connectivity index is 0.00000120. The number of hydrogen-bond donors (Lipinski definition) is 2. The van der Waals surface area contributed by atoms with Crippen LogP contribution in [0.1, 0.15) is 11.7 Å². The maximum atomic E-state index is 9.93. The van der Waals surface area contributed by atoms with E-state index in [1.807, 2.05) is 6.07 Å². The van der Waals surface area contributed by atoms with Crippen LogP contribution in [-0.2, 0) is 4.65 Å². The van der Waals surface area contributed by atoms with Gasteiger partial charge in [-0.2, -0.15) is 0 Å². The third-order valence-corrected chi connectivity index (χ3v) is 3.59. The Bertz CT molecular complexity index is 476. The normalized spacial score (nSPS) is 20.4. The minimum absolute atomic E-state index is 0. The minimum atomic E-state index is -1.01. The van der Waals surface area contributed by atoms with Gasteiger partial charge in [0.25, 0.3) is 0 Å². The van der Waals surface area contributed by atoms with Crippen LogP contribution < -0.4 is 20.7 Å². The Morgan fingerprint density at radius 2 is 2.17 bits per heavy atom. The lowest BCUT2D eigenvalue weighted by Crippen LogP contribution is -2.32. The molecule has 0 unspecified atom stereocenters. The summed E-state index contributed by atoms with van der Waals surface area (Å²) in [6.45, 7) is 1.29. The molecule has 1 aromatic rings. The zero-order valence-corrected chi connectivity index (χ0v) is 11.8. The summed E-state index contributed by atoms with van der Waals surface area (Å²) < 4.78 is 17.3. The molecule has 0 fully saturated rings. The standard InChI is InChI=1S/C10H11BBrNO4.ClH/c12-5-3-6-10(16-2-1-15-6)9-8(5)7(4-13)17-11(9)14;/h3,7,14H,1-2,4,13H2;1H/t7-;/m1./s1. The molecule has 2 heterocycles. The van der Waals surface area contributed by atoms with Crippen LogP contribution in [0.2, 0.25) is 0 Å². The zero-order valence-electron chi connectivity index (χ0n) is 9.39. The molecule has 0 spiro atoms. The highest BCUT2D eigenvalue weighted by atomic mass is 79.9. The van der Waals surface area contributed by atoms with Gasteiger partial charge in [0.1, 0.15) is 13.2 Å². The lowest BCUT2D eigenvalue weighted by Gasteiger charge is -2.22. The first-order chi connectivity index (χ1) is 8.22. The number of benzene rings is 1. The van der Waals surface area contributed by atoms with Gasteiger partial charge in [-0.05, 0) is 11.6 Å². The van der Waals surface area contributed by atoms with Crippen LogP contribution in [-0.4, -0.2) is 31.9 Å². The molecule has 0 aliphatic carbocycles. The molecule has 0 saturated heterocycles. The van der Waals surface area contributed by atoms with Crippen LogP contribution in [0, 0.1) is 0 Å². The smallest absolute Gasteiger partial charge is 0.486 e. The van der Waals surface area contributed by atoms with Crippen LogP contribution in [0.25, 0.3) is 0 Å². The summed E-state index contributed by atoms with van der Waals surface area (Å²) in [5, 5.41) is 9.93. The summed E-state index contributed by atoms with van der Waals surface area (Å²) in [5.41, 5.74) is 7.11. The zero-order chi connectivity index (χ0) is 12.0. The van der Waals surface area contributed by atoms with Crippen molar-refractivity contribution >= 4 is 40.9 Å². The predicted molar refractivity (Wildman–Crippen MR) is 72.9 cm³/mol. The van der Waals surface area contributed by atoms with Crippen molar-refractivity contribution in [2.45, 2.75) is 6.10 Å². The summed E-state index contributed by atoms with van der Waals surface area (Å²) in [5.74, 6) is 1.19. The highest BCUT2D eigenvalue weighted by Crippen LogP contribution is 2.40. The molecule has 0 bridgehead atoms. The Morgan fingerprint density at radius 1 is 1.44 bits per heavy atom. The van der Waals surface area contributed by atoms with E-state index in [-0.39, 0.29) is 18.5 Å². The number of fused-ring (bicyclic) bond motifs is 3. The van der Waals surface area contributed by atoms with Gasteiger partial charge < -0.3 is 24.9 Å². The fourth-order valence-corrected chi connectivity index (χ4v) is 2.91. The fourth-order valence-electron chi connectivity index (χ4n) is 2.23. The molecule has 0 radical (unpaired) electrons. The van der Waals surface area contributed by atoms with E-state index in [0.717, 1.165) is 10.0 Å². The minimum Gasteiger partial charge on any atom is -0.486 e. The molecule has 3 rings (SSSR count). The van der Waals surface area contributed by atoms with Crippen molar-refractivity contribution in [1.82, 2.24) is 0 Å². The van der Waals surface area contributed by atoms with Gasteiger partial charge in [-0.15, -0.1) is 12.4 Å². The molecule has 1 aromatic carbocycles. The van der Waals surface area contributed by atoms with E-state index in [1.165, 1.54) is 0 Å². The molecule has 0 saturated carbocycles. The molecule has 1 atom stereocenters. The quantitative estimate of drug-likeness (QED) is 0.725. The second-order valence-corrected chi connectivity index (χ2v) is 4.78. The number of hydrogen-bond acceptors (Lipinski definition) is 5. The Labute approximate surface area is 119 Å². The average molecular weight is 336 g/mol. The van der Waals surface area contributed by atoms with Crippen molar-refractivity contribution in [3.8, 4) is 11.5 Å². The first-order valence-electron chi connectivity index (χ1n) is 5.38. The Kier molecular flexibility index (Phi) is 4.08. The number of rotatable bonds is 1. The molecular formula is C10H12BBrClNO4. The van der Waals surface area contributed by atoms with Gasteiger partial charge in [-0.3, -0.25) is 0 Å². The van der Waals surface area contributed by atoms with Gasteiger partial charge in [0, 0.05) is 16.5 Å². The molecule has 0 aromatic heterocycles. The van der Waals surface area contributed by atoms with E-state index in [1.54, 1.807) is 0 Å². The molecule has 98 valence electrons. The third kappa shape index (κ3) is 2.00. The summed E-state index contributed by atoms with van der Waals surface area (Å²) in [6.07, 6.45) is -0.315. The topological polar surface area (TPSA) is 73.9 Å². The lowest BCUT2D eigenvalue weighted by molar-refractivity contribution is 0.172. The Hall–Kier alpha value is -0.465. The fraction of sp³-hybridized carbons (Fsp3) is 0.400. The third-order valence-electron chi connectivity index (χ3n) is 2.94. The van der Waals surface area contributed by atoms with Gasteiger partial charge >= 0.3 is 7.12 Å². The van der Waals surface area contributed by atoms with Crippen molar-refractivity contribution in [3.63, 3.8) is 0 Å². The SMILES string of the molecule is Cl.NC[C@H]1OB(O)c2c3c(cc(Br)c21)OCCO3. The second-order valence-electron chi connectivity index (χ2n) is 3.92. The van der Waals surface area contributed by atoms with E-state index < -0.39 is 7.12 Å². The first kappa shape index (κ1) is 14.0. The van der Waals surface area contributed by atoms with Crippen molar-refractivity contribution < 1.29 is 19.2 Å². The van der Waals surface area contributed by atoms with Crippen LogP contribution in [0.5, 0.6) is 11.5 Å². The summed E-state index contributed by atoms with van der Waals surface area (Å²) in [6, 6.07) is 1.83. The predicted octanol–water partition coefficient (Wildman–Crippen LogP) is 0.360. The molecule has 5 nitrogen and oxygen atoms in total. The molecule has 2 aliphatic heterocycles. The maximum absolute atomic E-state index is 9.93. The summed E-state index contributed by atoms with van der Waals surface area (Å²) in [7, 11) is -1.01. The summed E-state index contributed by atoms with van der Waals surface area (Å²) in [4.78, 5) is 0. The number of halogens is 2. The van der Waals surface area contributed by atoms with Gasteiger partial charge in [-0.25, -0.2) is 0 Å². The molecule has 3 N–H and O–H groups in total. The highest BCUT2D eigenvalue weighted by Gasteiger charge is 2.41. The van der Waals surface area contributed by atoms with Crippen molar-refractivity contribution in [2.75, 3.05) is 19.8 Å². The maximum Gasteiger partial charge on any atom is 0.496 e. The van der Waals surface area contributed by atoms with Gasteiger partial charge in [0.15, 0.2) is 11.5 Å². The van der Waals surface area contributed by atoms with Crippen molar-refractivity contribution in [1.29, 1.82) is 0 Å². The van der Waals surface area contributed by atoms with E-state index in [9.17, 15) is 5.02 Å². The molecule has 2 aliphatic rings. The van der Waals surface area contributed by atoms with Gasteiger partial charge in [0.2, 0.25) is 0 Å². The largest absolute Gasteiger partial charge is 0.496 e. The van der Waals surface area contributed by atoms with Crippen LogP contribution >= 0.6 is 28.3 Å². The first-order valence-corrected chi connectivity index (χ1v) is 6.17. The van der Waals surface area contributed by atoms with E-state index >= 15 is 0 Å². The van der Waals surface area contributed by atoms with Crippen LogP contribution in [0.3, 0.4) is 0 Å². The average Bonchev–Trinajstić information content (AvgIpc) is 2.68. The number of nitrogens with two attached hydrogens (primary N) is 1.